The molecule has 12 nitrogen and oxygen atoms in total. The predicted molar refractivity (Wildman–Crippen MR) is 162 cm³/mol. The summed E-state index contributed by atoms with van der Waals surface area (Å²) in [5, 5.41) is 14.5. The zero-order chi connectivity index (χ0) is 31.7. The van der Waals surface area contributed by atoms with Gasteiger partial charge in [-0.25, -0.2) is 0 Å². The van der Waals surface area contributed by atoms with Crippen LogP contribution in [0.25, 0.3) is 0 Å². The molecule has 5 N–H and O–H groups in total. The molecular formula is C31H48N6O6. The Balaban J connectivity index is 1.95. The Morgan fingerprint density at radius 3 is 2.19 bits per heavy atom. The maximum absolute atomic E-state index is 13.6. The van der Waals surface area contributed by atoms with E-state index in [0.29, 0.717) is 25.1 Å². The Labute approximate surface area is 254 Å². The maximum atomic E-state index is 13.6. The highest BCUT2D eigenvalue weighted by molar-refractivity contribution is 5.95. The lowest BCUT2D eigenvalue weighted by molar-refractivity contribution is -0.139. The maximum Gasteiger partial charge on any atom is 0.243 e. The second-order valence-electron chi connectivity index (χ2n) is 12.3. The molecule has 2 saturated heterocycles. The number of ether oxygens (including phenoxy) is 1. The van der Waals surface area contributed by atoms with Gasteiger partial charge in [-0.2, -0.15) is 0 Å². The minimum atomic E-state index is -1.01. The van der Waals surface area contributed by atoms with Crippen molar-refractivity contribution >= 4 is 29.5 Å². The van der Waals surface area contributed by atoms with Gasteiger partial charge >= 0.3 is 0 Å². The normalized spacial score (nSPS) is 26.2. The molecule has 2 aliphatic heterocycles. The Bertz CT molecular complexity index is 1130. The van der Waals surface area contributed by atoms with Crippen molar-refractivity contribution in [1.29, 1.82) is 0 Å². The minimum Gasteiger partial charge on any atom is -0.497 e. The minimum absolute atomic E-state index is 0.0552. The van der Waals surface area contributed by atoms with Crippen molar-refractivity contribution < 1.29 is 28.7 Å². The fraction of sp³-hybridized carbons (Fsp3) is 0.645. The molecule has 0 spiro atoms. The molecule has 0 aromatic heterocycles. The molecule has 1 aromatic rings. The van der Waals surface area contributed by atoms with Crippen LogP contribution in [0.15, 0.2) is 24.3 Å². The third kappa shape index (κ3) is 9.94. The molecule has 1 aromatic carbocycles. The van der Waals surface area contributed by atoms with Crippen molar-refractivity contribution in [3.8, 4) is 5.75 Å². The van der Waals surface area contributed by atoms with Crippen LogP contribution in [0.2, 0.25) is 0 Å². The number of amides is 5. The molecule has 12 heteroatoms. The van der Waals surface area contributed by atoms with E-state index in [0.717, 1.165) is 12.0 Å². The van der Waals surface area contributed by atoms with Gasteiger partial charge in [0, 0.05) is 19.0 Å². The van der Waals surface area contributed by atoms with E-state index in [4.69, 9.17) is 4.74 Å². The van der Waals surface area contributed by atoms with E-state index in [2.05, 4.69) is 26.6 Å². The smallest absolute Gasteiger partial charge is 0.243 e. The van der Waals surface area contributed by atoms with Gasteiger partial charge < -0.3 is 36.2 Å². The van der Waals surface area contributed by atoms with Crippen LogP contribution in [0.5, 0.6) is 5.75 Å². The Kier molecular flexibility index (Phi) is 12.4. The SMILES string of the molecule is COc1ccc(C[C@@H]2NC(=O)[C@H](CC(C)C)NC(=O)CN(C(=O)[C@@H]3CCCN3)C[C@H](C(C)C)NC(=O)[C@@H](C)NC2=O)cc1. The number of nitrogens with zero attached hydrogens (tertiary/aromatic N) is 1. The van der Waals surface area contributed by atoms with Crippen LogP contribution in [0, 0.1) is 11.8 Å². The van der Waals surface area contributed by atoms with Crippen LogP contribution in [-0.2, 0) is 30.4 Å². The fourth-order valence-electron chi connectivity index (χ4n) is 5.29. The third-order valence-electron chi connectivity index (χ3n) is 7.90. The van der Waals surface area contributed by atoms with Crippen LogP contribution in [0.1, 0.15) is 59.4 Å². The quantitative estimate of drug-likeness (QED) is 0.305. The summed E-state index contributed by atoms with van der Waals surface area (Å²) in [6, 6.07) is 3.38. The lowest BCUT2D eigenvalue weighted by Crippen LogP contribution is -2.57. The first-order chi connectivity index (χ1) is 20.4. The largest absolute Gasteiger partial charge is 0.497 e. The van der Waals surface area contributed by atoms with Gasteiger partial charge in [-0.15, -0.1) is 0 Å². The number of rotatable bonds is 7. The second kappa shape index (κ2) is 15.7. The monoisotopic (exact) mass is 600 g/mol. The fourth-order valence-corrected chi connectivity index (χ4v) is 5.29. The molecule has 0 bridgehead atoms. The van der Waals surface area contributed by atoms with Gasteiger partial charge in [0.1, 0.15) is 23.9 Å². The average Bonchev–Trinajstić information content (AvgIpc) is 3.49. The molecule has 5 atom stereocenters. The van der Waals surface area contributed by atoms with E-state index >= 15 is 0 Å². The average molecular weight is 601 g/mol. The molecule has 2 aliphatic rings. The Morgan fingerprint density at radius 1 is 0.930 bits per heavy atom. The van der Waals surface area contributed by atoms with Gasteiger partial charge in [0.05, 0.1) is 19.7 Å². The number of carbonyl (C=O) groups excluding carboxylic acids is 5. The first-order valence-corrected chi connectivity index (χ1v) is 15.2. The molecule has 0 unspecified atom stereocenters. The van der Waals surface area contributed by atoms with Crippen molar-refractivity contribution in [3.05, 3.63) is 29.8 Å². The summed E-state index contributed by atoms with van der Waals surface area (Å²) in [6.45, 7) is 9.85. The van der Waals surface area contributed by atoms with Gasteiger partial charge in [-0.1, -0.05) is 39.8 Å². The number of benzene rings is 1. The van der Waals surface area contributed by atoms with Crippen molar-refractivity contribution in [2.45, 2.75) is 90.5 Å². The summed E-state index contributed by atoms with van der Waals surface area (Å²) < 4.78 is 5.22. The number of methoxy groups -OCH3 is 1. The highest BCUT2D eigenvalue weighted by Crippen LogP contribution is 2.15. The zero-order valence-corrected chi connectivity index (χ0v) is 26.2. The molecule has 2 heterocycles. The van der Waals surface area contributed by atoms with Gasteiger partial charge in [-0.05, 0) is 62.3 Å². The predicted octanol–water partition coefficient (Wildman–Crippen LogP) is 0.493. The molecule has 5 amide bonds. The van der Waals surface area contributed by atoms with Crippen LogP contribution < -0.4 is 31.3 Å². The summed E-state index contributed by atoms with van der Waals surface area (Å²) in [6.07, 6.45) is 2.00. The third-order valence-corrected chi connectivity index (χ3v) is 7.90. The molecule has 0 aliphatic carbocycles. The Hall–Kier alpha value is -3.67. The van der Waals surface area contributed by atoms with Crippen LogP contribution >= 0.6 is 0 Å². The van der Waals surface area contributed by atoms with Crippen molar-refractivity contribution in [2.24, 2.45) is 11.8 Å². The highest BCUT2D eigenvalue weighted by Gasteiger charge is 2.34. The number of hydrogen-bond donors (Lipinski definition) is 5. The molecule has 0 radical (unpaired) electrons. The van der Waals surface area contributed by atoms with Gasteiger partial charge in [0.25, 0.3) is 0 Å². The zero-order valence-electron chi connectivity index (χ0n) is 26.2. The first-order valence-electron chi connectivity index (χ1n) is 15.2. The summed E-state index contributed by atoms with van der Waals surface area (Å²) in [5.74, 6) is -1.54. The van der Waals surface area contributed by atoms with E-state index < -0.39 is 53.8 Å². The molecular weight excluding hydrogens is 552 g/mol. The molecule has 0 saturated carbocycles. The van der Waals surface area contributed by atoms with E-state index in [9.17, 15) is 24.0 Å². The molecule has 238 valence electrons. The number of nitrogens with one attached hydrogen (secondary N) is 5. The van der Waals surface area contributed by atoms with Crippen molar-refractivity contribution in [1.82, 2.24) is 31.5 Å². The molecule has 3 rings (SSSR count). The van der Waals surface area contributed by atoms with Gasteiger partial charge in [-0.3, -0.25) is 24.0 Å². The number of hydrogen-bond acceptors (Lipinski definition) is 7. The van der Waals surface area contributed by atoms with Crippen molar-refractivity contribution in [3.63, 3.8) is 0 Å². The summed E-state index contributed by atoms with van der Waals surface area (Å²) in [7, 11) is 1.56. The van der Waals surface area contributed by atoms with Crippen LogP contribution in [0.3, 0.4) is 0 Å². The summed E-state index contributed by atoms with van der Waals surface area (Å²) >= 11 is 0. The second-order valence-corrected chi connectivity index (χ2v) is 12.3. The van der Waals surface area contributed by atoms with Gasteiger partial charge in [0.15, 0.2) is 0 Å². The Morgan fingerprint density at radius 2 is 1.60 bits per heavy atom. The topological polar surface area (TPSA) is 158 Å². The summed E-state index contributed by atoms with van der Waals surface area (Å²) in [4.78, 5) is 68.7. The van der Waals surface area contributed by atoms with Crippen molar-refractivity contribution in [2.75, 3.05) is 26.7 Å². The highest BCUT2D eigenvalue weighted by atomic mass is 16.5. The lowest BCUT2D eigenvalue weighted by atomic mass is 10.0. The van der Waals surface area contributed by atoms with E-state index in [1.54, 1.807) is 38.3 Å². The van der Waals surface area contributed by atoms with Crippen LogP contribution in [0.4, 0.5) is 0 Å². The van der Waals surface area contributed by atoms with Gasteiger partial charge in [0.2, 0.25) is 29.5 Å². The first kappa shape index (κ1) is 33.8. The van der Waals surface area contributed by atoms with Crippen LogP contribution in [-0.4, -0.2) is 91.4 Å². The molecule has 2 fully saturated rings. The van der Waals surface area contributed by atoms with E-state index in [1.165, 1.54) is 4.90 Å². The lowest BCUT2D eigenvalue weighted by Gasteiger charge is -2.32. The van der Waals surface area contributed by atoms with E-state index in [-0.39, 0.29) is 37.3 Å². The standard InChI is InChI=1S/C31H48N6O6/c1-18(2)14-24-30(41)35-25(15-21-9-11-22(43-6)12-10-21)29(40)33-20(5)28(39)36-26(19(3)4)16-37(17-27(38)34-24)31(42)23-8-7-13-32-23/h9-12,18-20,23-26,32H,7-8,13-17H2,1-6H3,(H,33,40)(H,34,38)(H,35,41)(H,36,39)/t20-,23+,24+,25+,26-/m1/s1. The van der Waals surface area contributed by atoms with E-state index in [1.807, 2.05) is 27.7 Å². The number of carbonyl (C=O) groups is 5. The molecule has 43 heavy (non-hydrogen) atoms. The summed E-state index contributed by atoms with van der Waals surface area (Å²) in [5.41, 5.74) is 0.773.